The molecule has 1 aliphatic heterocycles. The molecule has 1 amide bonds. The summed E-state index contributed by atoms with van der Waals surface area (Å²) in [5.41, 5.74) is 2.81. The van der Waals surface area contributed by atoms with Crippen LogP contribution < -0.4 is 10.6 Å². The normalized spacial score (nSPS) is 19.0. The molecule has 1 atom stereocenters. The van der Waals surface area contributed by atoms with E-state index < -0.39 is 0 Å². The first kappa shape index (κ1) is 15.8. The van der Waals surface area contributed by atoms with E-state index in [9.17, 15) is 4.79 Å². The molecule has 0 aromatic heterocycles. The largest absolute Gasteiger partial charge is 0.388 e. The first-order valence-corrected chi connectivity index (χ1v) is 7.82. The van der Waals surface area contributed by atoms with Crippen molar-refractivity contribution in [3.8, 4) is 0 Å². The Labute approximate surface area is 127 Å². The third-order valence-corrected chi connectivity index (χ3v) is 4.36. The van der Waals surface area contributed by atoms with Crippen LogP contribution in [-0.2, 0) is 0 Å². The molecule has 0 saturated carbocycles. The zero-order valence-corrected chi connectivity index (χ0v) is 13.6. The summed E-state index contributed by atoms with van der Waals surface area (Å²) in [4.78, 5) is 14.8. The first-order valence-electron chi connectivity index (χ1n) is 7.82. The zero-order valence-electron chi connectivity index (χ0n) is 13.6. The molecule has 0 bridgehead atoms. The number of hydrogen-bond donors (Lipinski definition) is 2. The number of amides is 1. The van der Waals surface area contributed by atoms with Gasteiger partial charge in [-0.25, -0.2) is 0 Å². The zero-order chi connectivity index (χ0) is 15.4. The second kappa shape index (κ2) is 6.94. The fourth-order valence-electron chi connectivity index (χ4n) is 2.90. The van der Waals surface area contributed by atoms with Gasteiger partial charge in [0.1, 0.15) is 0 Å². The van der Waals surface area contributed by atoms with Gasteiger partial charge in [0.2, 0.25) is 0 Å². The number of anilines is 1. The lowest BCUT2D eigenvalue weighted by Gasteiger charge is -2.20. The number of likely N-dealkylation sites (tertiary alicyclic amines) is 1. The van der Waals surface area contributed by atoms with Gasteiger partial charge in [-0.3, -0.25) is 4.79 Å². The Morgan fingerprint density at radius 2 is 2.19 bits per heavy atom. The summed E-state index contributed by atoms with van der Waals surface area (Å²) >= 11 is 0. The van der Waals surface area contributed by atoms with Crippen LogP contribution in [-0.4, -0.2) is 43.5 Å². The van der Waals surface area contributed by atoms with Crippen molar-refractivity contribution >= 4 is 11.6 Å². The van der Waals surface area contributed by atoms with Crippen molar-refractivity contribution in [1.82, 2.24) is 10.2 Å². The van der Waals surface area contributed by atoms with Crippen molar-refractivity contribution in [1.29, 1.82) is 0 Å². The van der Waals surface area contributed by atoms with Gasteiger partial charge < -0.3 is 15.5 Å². The van der Waals surface area contributed by atoms with Crippen LogP contribution in [0.15, 0.2) is 18.2 Å². The van der Waals surface area contributed by atoms with Gasteiger partial charge in [-0.1, -0.05) is 0 Å². The van der Waals surface area contributed by atoms with Gasteiger partial charge in [-0.05, 0) is 63.4 Å². The van der Waals surface area contributed by atoms with E-state index in [0.29, 0.717) is 12.0 Å². The molecular weight excluding hydrogens is 262 g/mol. The molecule has 4 heteroatoms. The van der Waals surface area contributed by atoms with Gasteiger partial charge in [-0.2, -0.15) is 0 Å². The van der Waals surface area contributed by atoms with E-state index in [-0.39, 0.29) is 5.91 Å². The average molecular weight is 289 g/mol. The fourth-order valence-corrected chi connectivity index (χ4v) is 2.90. The van der Waals surface area contributed by atoms with E-state index in [1.54, 1.807) is 0 Å². The van der Waals surface area contributed by atoms with Crippen molar-refractivity contribution in [2.75, 3.05) is 32.0 Å². The molecule has 4 nitrogen and oxygen atoms in total. The van der Waals surface area contributed by atoms with Gasteiger partial charge in [0.15, 0.2) is 0 Å². The lowest BCUT2D eigenvalue weighted by Crippen LogP contribution is -2.33. The first-order chi connectivity index (χ1) is 10.0. The van der Waals surface area contributed by atoms with Crippen LogP contribution in [0, 0.1) is 12.8 Å². The minimum Gasteiger partial charge on any atom is -0.388 e. The number of hydrogen-bond acceptors (Lipinski definition) is 3. The third-order valence-electron chi connectivity index (χ3n) is 4.36. The Balaban J connectivity index is 1.88. The highest BCUT2D eigenvalue weighted by molar-refractivity contribution is 5.96. The standard InChI is InChI=1S/C17H27N3O/c1-12(2)20-8-7-14(11-20)10-19-17(21)16-6-5-15(18-4)9-13(16)3/h5-6,9,12,14,18H,7-8,10-11H2,1-4H3,(H,19,21). The number of nitrogens with one attached hydrogen (secondary N) is 2. The second-order valence-electron chi connectivity index (χ2n) is 6.23. The average Bonchev–Trinajstić information content (AvgIpc) is 2.93. The molecule has 116 valence electrons. The summed E-state index contributed by atoms with van der Waals surface area (Å²) < 4.78 is 0. The second-order valence-corrected chi connectivity index (χ2v) is 6.23. The molecule has 2 N–H and O–H groups in total. The van der Waals surface area contributed by atoms with E-state index in [0.717, 1.165) is 36.4 Å². The predicted octanol–water partition coefficient (Wildman–Crippen LogP) is 2.50. The quantitative estimate of drug-likeness (QED) is 0.875. The topological polar surface area (TPSA) is 44.4 Å². The molecule has 1 saturated heterocycles. The summed E-state index contributed by atoms with van der Waals surface area (Å²) in [5, 5.41) is 6.18. The van der Waals surface area contributed by atoms with Crippen molar-refractivity contribution < 1.29 is 4.79 Å². The minimum atomic E-state index is 0.0400. The van der Waals surface area contributed by atoms with Crippen LogP contribution in [0.1, 0.15) is 36.2 Å². The maximum atomic E-state index is 12.3. The summed E-state index contributed by atoms with van der Waals surface area (Å²) in [5.74, 6) is 0.617. The monoisotopic (exact) mass is 289 g/mol. The van der Waals surface area contributed by atoms with Gasteiger partial charge in [0.05, 0.1) is 0 Å². The SMILES string of the molecule is CNc1ccc(C(=O)NCC2CCN(C(C)C)C2)c(C)c1. The van der Waals surface area contributed by atoms with E-state index in [4.69, 9.17) is 0 Å². The highest BCUT2D eigenvalue weighted by atomic mass is 16.1. The van der Waals surface area contributed by atoms with Crippen molar-refractivity contribution in [3.63, 3.8) is 0 Å². The molecular formula is C17H27N3O. The Bertz CT molecular complexity index is 499. The van der Waals surface area contributed by atoms with Crippen LogP contribution in [0.4, 0.5) is 5.69 Å². The molecule has 0 radical (unpaired) electrons. The molecule has 21 heavy (non-hydrogen) atoms. The number of rotatable bonds is 5. The van der Waals surface area contributed by atoms with Crippen LogP contribution in [0.3, 0.4) is 0 Å². The van der Waals surface area contributed by atoms with Gasteiger partial charge in [0.25, 0.3) is 5.91 Å². The van der Waals surface area contributed by atoms with Crippen molar-refractivity contribution in [2.45, 2.75) is 33.2 Å². The lowest BCUT2D eigenvalue weighted by atomic mass is 10.1. The molecule has 0 aliphatic carbocycles. The molecule has 1 aromatic carbocycles. The highest BCUT2D eigenvalue weighted by Crippen LogP contribution is 2.18. The highest BCUT2D eigenvalue weighted by Gasteiger charge is 2.24. The summed E-state index contributed by atoms with van der Waals surface area (Å²) in [6, 6.07) is 6.44. The summed E-state index contributed by atoms with van der Waals surface area (Å²) in [6.07, 6.45) is 1.18. The maximum absolute atomic E-state index is 12.3. The predicted molar refractivity (Wildman–Crippen MR) is 87.9 cm³/mol. The van der Waals surface area contributed by atoms with Gasteiger partial charge in [-0.15, -0.1) is 0 Å². The van der Waals surface area contributed by atoms with Crippen molar-refractivity contribution in [2.24, 2.45) is 5.92 Å². The van der Waals surface area contributed by atoms with E-state index in [1.807, 2.05) is 32.2 Å². The fraction of sp³-hybridized carbons (Fsp3) is 0.588. The number of nitrogens with zero attached hydrogens (tertiary/aromatic N) is 1. The number of aryl methyl sites for hydroxylation is 1. The van der Waals surface area contributed by atoms with Crippen LogP contribution in [0.2, 0.25) is 0 Å². The van der Waals surface area contributed by atoms with Crippen LogP contribution in [0.25, 0.3) is 0 Å². The molecule has 1 fully saturated rings. The number of benzene rings is 1. The molecule has 1 heterocycles. The Hall–Kier alpha value is -1.55. The minimum absolute atomic E-state index is 0.0400. The third kappa shape index (κ3) is 3.97. The molecule has 2 rings (SSSR count). The molecule has 1 aliphatic rings. The number of carbonyl (C=O) groups is 1. The van der Waals surface area contributed by atoms with Crippen molar-refractivity contribution in [3.05, 3.63) is 29.3 Å². The molecule has 0 spiro atoms. The van der Waals surface area contributed by atoms with E-state index in [1.165, 1.54) is 6.42 Å². The molecule has 1 unspecified atom stereocenters. The van der Waals surface area contributed by atoms with Crippen LogP contribution >= 0.6 is 0 Å². The number of carbonyl (C=O) groups excluding carboxylic acids is 1. The van der Waals surface area contributed by atoms with E-state index in [2.05, 4.69) is 29.4 Å². The lowest BCUT2D eigenvalue weighted by molar-refractivity contribution is 0.0946. The van der Waals surface area contributed by atoms with Gasteiger partial charge in [0, 0.05) is 37.4 Å². The van der Waals surface area contributed by atoms with E-state index >= 15 is 0 Å². The Kier molecular flexibility index (Phi) is 5.23. The Morgan fingerprint density at radius 3 is 2.76 bits per heavy atom. The van der Waals surface area contributed by atoms with Gasteiger partial charge >= 0.3 is 0 Å². The summed E-state index contributed by atoms with van der Waals surface area (Å²) in [6.45, 7) is 9.45. The van der Waals surface area contributed by atoms with Crippen LogP contribution in [0.5, 0.6) is 0 Å². The smallest absolute Gasteiger partial charge is 0.251 e. The Morgan fingerprint density at radius 1 is 1.43 bits per heavy atom. The summed E-state index contributed by atoms with van der Waals surface area (Å²) in [7, 11) is 1.88. The maximum Gasteiger partial charge on any atom is 0.251 e. The molecule has 1 aromatic rings.